The maximum Gasteiger partial charge on any atom is 0.332 e. The fourth-order valence-corrected chi connectivity index (χ4v) is 5.02. The van der Waals surface area contributed by atoms with Gasteiger partial charge in [-0.3, -0.25) is 9.59 Å². The zero-order valence-electron chi connectivity index (χ0n) is 17.1. The first-order valence-corrected chi connectivity index (χ1v) is 11.1. The number of likely N-dealkylation sites (tertiary alicyclic amines) is 1. The van der Waals surface area contributed by atoms with Crippen molar-refractivity contribution in [2.45, 2.75) is 63.8 Å². The minimum Gasteiger partial charge on any atom is -0.343 e. The summed E-state index contributed by atoms with van der Waals surface area (Å²) in [6.07, 6.45) is 9.68. The third kappa shape index (κ3) is 4.46. The van der Waals surface area contributed by atoms with Crippen molar-refractivity contribution in [3.63, 3.8) is 0 Å². The average Bonchev–Trinajstić information content (AvgIpc) is 3.07. The van der Waals surface area contributed by atoms with Crippen LogP contribution in [0.25, 0.3) is 0 Å². The van der Waals surface area contributed by atoms with E-state index in [4.69, 9.17) is 0 Å². The molecular formula is C23H31N3O3. The van der Waals surface area contributed by atoms with Crippen molar-refractivity contribution >= 4 is 23.5 Å². The molecule has 2 heterocycles. The minimum absolute atomic E-state index is 0.0301. The molecule has 3 aliphatic rings. The van der Waals surface area contributed by atoms with Crippen molar-refractivity contribution in [1.29, 1.82) is 0 Å². The van der Waals surface area contributed by atoms with Gasteiger partial charge < -0.3 is 9.80 Å². The highest BCUT2D eigenvalue weighted by Crippen LogP contribution is 2.29. The predicted molar refractivity (Wildman–Crippen MR) is 111 cm³/mol. The summed E-state index contributed by atoms with van der Waals surface area (Å²) in [5, 5.41) is 0. The highest BCUT2D eigenvalue weighted by molar-refractivity contribution is 6.19. The van der Waals surface area contributed by atoms with Gasteiger partial charge in [0.05, 0.1) is 5.69 Å². The van der Waals surface area contributed by atoms with Crippen LogP contribution >= 0.6 is 0 Å². The first-order chi connectivity index (χ1) is 14.1. The number of anilines is 1. The number of imide groups is 1. The van der Waals surface area contributed by atoms with Crippen LogP contribution in [0.4, 0.5) is 10.5 Å². The molecule has 0 N–H and O–H groups in total. The van der Waals surface area contributed by atoms with Gasteiger partial charge in [0.25, 0.3) is 5.91 Å². The molecule has 0 radical (unpaired) electrons. The first kappa shape index (κ1) is 19.9. The van der Waals surface area contributed by atoms with Crippen molar-refractivity contribution in [2.24, 2.45) is 5.92 Å². The van der Waals surface area contributed by atoms with Gasteiger partial charge in [0.15, 0.2) is 0 Å². The summed E-state index contributed by atoms with van der Waals surface area (Å²) in [7, 11) is 0. The van der Waals surface area contributed by atoms with E-state index in [2.05, 4.69) is 0 Å². The van der Waals surface area contributed by atoms with Crippen molar-refractivity contribution in [1.82, 2.24) is 9.80 Å². The molecule has 3 fully saturated rings. The largest absolute Gasteiger partial charge is 0.343 e. The van der Waals surface area contributed by atoms with Crippen molar-refractivity contribution in [3.8, 4) is 0 Å². The first-order valence-electron chi connectivity index (χ1n) is 11.1. The van der Waals surface area contributed by atoms with Crippen molar-refractivity contribution in [3.05, 3.63) is 30.3 Å². The fourth-order valence-electron chi connectivity index (χ4n) is 5.02. The molecule has 1 aliphatic carbocycles. The highest BCUT2D eigenvalue weighted by atomic mass is 16.2. The Hall–Kier alpha value is -2.37. The molecule has 2 aliphatic heterocycles. The molecule has 29 heavy (non-hydrogen) atoms. The molecule has 2 saturated heterocycles. The topological polar surface area (TPSA) is 60.9 Å². The number of hydrogen-bond donors (Lipinski definition) is 0. The van der Waals surface area contributed by atoms with Gasteiger partial charge in [-0.15, -0.1) is 0 Å². The number of carbonyl (C=O) groups excluding carboxylic acids is 3. The van der Waals surface area contributed by atoms with Crippen LogP contribution < -0.4 is 4.90 Å². The summed E-state index contributed by atoms with van der Waals surface area (Å²) in [4.78, 5) is 42.8. The Morgan fingerprint density at radius 3 is 2.31 bits per heavy atom. The highest BCUT2D eigenvalue weighted by Gasteiger charge is 2.41. The minimum atomic E-state index is -0.233. The molecular weight excluding hydrogens is 366 g/mol. The maximum atomic E-state index is 12.9. The smallest absolute Gasteiger partial charge is 0.332 e. The molecule has 156 valence electrons. The third-order valence-electron chi connectivity index (χ3n) is 6.76. The fraction of sp³-hybridized carbons (Fsp3) is 0.609. The summed E-state index contributed by atoms with van der Waals surface area (Å²) in [6.45, 7) is 1.49. The Balaban J connectivity index is 1.27. The Kier molecular flexibility index (Phi) is 6.16. The van der Waals surface area contributed by atoms with Gasteiger partial charge in [-0.25, -0.2) is 9.69 Å². The monoisotopic (exact) mass is 397 g/mol. The molecule has 6 heteroatoms. The van der Waals surface area contributed by atoms with Crippen LogP contribution in [0, 0.1) is 5.92 Å². The lowest BCUT2D eigenvalue weighted by molar-refractivity contribution is -0.133. The van der Waals surface area contributed by atoms with E-state index in [-0.39, 0.29) is 30.4 Å². The number of benzene rings is 1. The SMILES string of the molecule is O=C(CCC1CCCCC1)N1CCC(N2CC(=O)N(c3ccccc3)C2=O)CC1. The zero-order chi connectivity index (χ0) is 20.2. The number of nitrogens with zero attached hydrogens (tertiary/aromatic N) is 3. The lowest BCUT2D eigenvalue weighted by Crippen LogP contribution is -2.48. The number of amides is 4. The molecule has 0 bridgehead atoms. The predicted octanol–water partition coefficient (Wildman–Crippen LogP) is 3.81. The van der Waals surface area contributed by atoms with Gasteiger partial charge >= 0.3 is 6.03 Å². The molecule has 4 amide bonds. The summed E-state index contributed by atoms with van der Waals surface area (Å²) in [5.74, 6) is 0.804. The van der Waals surface area contributed by atoms with Crippen LogP contribution in [0.3, 0.4) is 0 Å². The normalized spacial score (nSPS) is 21.9. The molecule has 0 aromatic heterocycles. The van der Waals surface area contributed by atoms with E-state index in [1.807, 2.05) is 23.1 Å². The standard InChI is InChI=1S/C23H31N3O3/c27-21(12-11-18-7-3-1-4-8-18)24-15-13-19(14-16-24)25-17-22(28)26(23(25)29)20-9-5-2-6-10-20/h2,5-6,9-10,18-19H,1,3-4,7-8,11-17H2. The molecule has 4 rings (SSSR count). The quantitative estimate of drug-likeness (QED) is 0.710. The van der Waals surface area contributed by atoms with E-state index in [9.17, 15) is 14.4 Å². The number of urea groups is 1. The van der Waals surface area contributed by atoms with Crippen LogP contribution in [-0.4, -0.2) is 53.3 Å². The molecule has 6 nitrogen and oxygen atoms in total. The number of carbonyl (C=O) groups is 3. The lowest BCUT2D eigenvalue weighted by Gasteiger charge is -2.36. The average molecular weight is 398 g/mol. The second-order valence-electron chi connectivity index (χ2n) is 8.63. The van der Waals surface area contributed by atoms with Gasteiger partial charge in [0.2, 0.25) is 5.91 Å². The van der Waals surface area contributed by atoms with Crippen LogP contribution in [-0.2, 0) is 9.59 Å². The Morgan fingerprint density at radius 1 is 0.931 bits per heavy atom. The molecule has 1 aromatic carbocycles. The van der Waals surface area contributed by atoms with Gasteiger partial charge in [-0.05, 0) is 37.3 Å². The Bertz CT molecular complexity index is 737. The van der Waals surface area contributed by atoms with Crippen LogP contribution in [0.2, 0.25) is 0 Å². The number of piperidine rings is 1. The van der Waals surface area contributed by atoms with E-state index >= 15 is 0 Å². The summed E-state index contributed by atoms with van der Waals surface area (Å²) < 4.78 is 0. The van der Waals surface area contributed by atoms with Crippen molar-refractivity contribution in [2.75, 3.05) is 24.5 Å². The van der Waals surface area contributed by atoms with E-state index in [0.29, 0.717) is 25.2 Å². The number of para-hydroxylation sites is 1. The Labute approximate surface area is 172 Å². The second-order valence-corrected chi connectivity index (χ2v) is 8.63. The van der Waals surface area contributed by atoms with Crippen LogP contribution in [0.15, 0.2) is 30.3 Å². The molecule has 1 saturated carbocycles. The molecule has 0 atom stereocenters. The van der Waals surface area contributed by atoms with E-state index < -0.39 is 0 Å². The summed E-state index contributed by atoms with van der Waals surface area (Å²) in [6, 6.07) is 8.89. The zero-order valence-corrected chi connectivity index (χ0v) is 17.1. The van der Waals surface area contributed by atoms with E-state index in [0.717, 1.165) is 25.2 Å². The van der Waals surface area contributed by atoms with Gasteiger partial charge in [-0.2, -0.15) is 0 Å². The van der Waals surface area contributed by atoms with E-state index in [1.165, 1.54) is 37.0 Å². The van der Waals surface area contributed by atoms with Crippen molar-refractivity contribution < 1.29 is 14.4 Å². The van der Waals surface area contributed by atoms with Gasteiger partial charge in [0.1, 0.15) is 6.54 Å². The van der Waals surface area contributed by atoms with Crippen LogP contribution in [0.1, 0.15) is 57.8 Å². The van der Waals surface area contributed by atoms with Crippen LogP contribution in [0.5, 0.6) is 0 Å². The lowest BCUT2D eigenvalue weighted by atomic mass is 9.86. The third-order valence-corrected chi connectivity index (χ3v) is 6.76. The van der Waals surface area contributed by atoms with Gasteiger partial charge in [-0.1, -0.05) is 50.3 Å². The molecule has 0 unspecified atom stereocenters. The second kappa shape index (κ2) is 8.97. The summed E-state index contributed by atoms with van der Waals surface area (Å²) >= 11 is 0. The summed E-state index contributed by atoms with van der Waals surface area (Å²) in [5.41, 5.74) is 0.625. The Morgan fingerprint density at radius 2 is 1.62 bits per heavy atom. The van der Waals surface area contributed by atoms with E-state index in [1.54, 1.807) is 17.0 Å². The molecule has 0 spiro atoms. The maximum absolute atomic E-state index is 12.9. The van der Waals surface area contributed by atoms with Gasteiger partial charge in [0, 0.05) is 25.6 Å². The molecule has 1 aromatic rings. The number of rotatable bonds is 5. The number of hydrogen-bond acceptors (Lipinski definition) is 3.